The van der Waals surface area contributed by atoms with Gasteiger partial charge in [-0.1, -0.05) is 83.0 Å². The Balaban J connectivity index is 1.47. The highest BCUT2D eigenvalue weighted by Crippen LogP contribution is 2.38. The first kappa shape index (κ1) is 29.3. The maximum absolute atomic E-state index is 13.4. The average molecular weight is 630 g/mol. The largest absolute Gasteiger partial charge is 0.489 e. The van der Waals surface area contributed by atoms with Crippen molar-refractivity contribution in [1.82, 2.24) is 14.8 Å². The minimum Gasteiger partial charge on any atom is -0.489 e. The summed E-state index contributed by atoms with van der Waals surface area (Å²) in [7, 11) is 0. The van der Waals surface area contributed by atoms with Crippen LogP contribution in [0, 0.1) is 0 Å². The quantitative estimate of drug-likeness (QED) is 0.147. The second kappa shape index (κ2) is 12.8. The van der Waals surface area contributed by atoms with Crippen molar-refractivity contribution in [3.63, 3.8) is 0 Å². The van der Waals surface area contributed by atoms with Gasteiger partial charge in [-0.15, -0.1) is 5.10 Å². The predicted octanol–water partition coefficient (Wildman–Crippen LogP) is 8.35. The Bertz CT molecular complexity index is 1620. The van der Waals surface area contributed by atoms with Gasteiger partial charge in [-0.3, -0.25) is 0 Å². The number of benzene rings is 3. The van der Waals surface area contributed by atoms with Gasteiger partial charge in [0.1, 0.15) is 18.4 Å². The van der Waals surface area contributed by atoms with Crippen LogP contribution in [0.2, 0.25) is 15.1 Å². The number of thioether (sulfide) groups is 1. The summed E-state index contributed by atoms with van der Waals surface area (Å²) in [6.07, 6.45) is -0.291. The number of aromatic nitrogens is 3. The summed E-state index contributed by atoms with van der Waals surface area (Å²) in [5, 5.41) is 10.4. The minimum atomic E-state index is -0.595. The molecule has 3 aromatic carbocycles. The molecule has 1 aliphatic rings. The first-order valence-corrected chi connectivity index (χ1v) is 15.0. The second-order valence-corrected chi connectivity index (χ2v) is 11.9. The Morgan fingerprint density at radius 1 is 1.02 bits per heavy atom. The number of anilines is 1. The molecule has 41 heavy (non-hydrogen) atoms. The molecule has 2 heterocycles. The van der Waals surface area contributed by atoms with Crippen LogP contribution in [0.25, 0.3) is 0 Å². The number of allylic oxidation sites excluding steroid dienone is 1. The van der Waals surface area contributed by atoms with Gasteiger partial charge in [0.2, 0.25) is 11.1 Å². The van der Waals surface area contributed by atoms with E-state index in [0.717, 1.165) is 16.7 Å². The first-order valence-electron chi connectivity index (χ1n) is 12.9. The van der Waals surface area contributed by atoms with Crippen LogP contribution >= 0.6 is 46.6 Å². The lowest BCUT2D eigenvalue weighted by molar-refractivity contribution is -0.143. The number of ether oxygens (including phenoxy) is 2. The minimum absolute atomic E-state index is 0.250. The molecule has 4 aromatic rings. The van der Waals surface area contributed by atoms with E-state index in [9.17, 15) is 4.79 Å². The monoisotopic (exact) mass is 628 g/mol. The number of rotatable bonds is 9. The molecule has 0 spiro atoms. The molecule has 11 heteroatoms. The summed E-state index contributed by atoms with van der Waals surface area (Å²) >= 11 is 20.2. The van der Waals surface area contributed by atoms with Crippen molar-refractivity contribution in [3.8, 4) is 5.75 Å². The summed E-state index contributed by atoms with van der Waals surface area (Å²) in [5.41, 5.74) is 3.66. The standard InChI is InChI=1S/C30H27Cl3N4O3S/c1-17(2)40-28(38)26-18(3)34-29-35-30(41-16-21-7-4-5-10-24(21)32)36-37(29)27(26)19-8-6-9-23(13-19)39-15-20-11-12-22(31)14-25(20)33/h4-14,17,27H,15-16H2,1-3H3,(H,34,35,36). The van der Waals surface area contributed by atoms with Gasteiger partial charge in [-0.05, 0) is 62.2 Å². The van der Waals surface area contributed by atoms with E-state index in [2.05, 4.69) is 5.32 Å². The summed E-state index contributed by atoms with van der Waals surface area (Å²) < 4.78 is 13.4. The van der Waals surface area contributed by atoms with Crippen molar-refractivity contribution in [1.29, 1.82) is 0 Å². The van der Waals surface area contributed by atoms with E-state index < -0.39 is 12.0 Å². The molecule has 0 saturated heterocycles. The van der Waals surface area contributed by atoms with Crippen molar-refractivity contribution in [2.45, 2.75) is 50.4 Å². The molecule has 0 radical (unpaired) electrons. The molecule has 0 amide bonds. The lowest BCUT2D eigenvalue weighted by Crippen LogP contribution is -2.30. The third-order valence-corrected chi connectivity index (χ3v) is 8.14. The lowest BCUT2D eigenvalue weighted by atomic mass is 9.95. The molecule has 0 bridgehead atoms. The van der Waals surface area contributed by atoms with E-state index in [1.54, 1.807) is 16.8 Å². The number of hydrogen-bond acceptors (Lipinski definition) is 7. The number of esters is 1. The van der Waals surface area contributed by atoms with Crippen LogP contribution < -0.4 is 10.1 Å². The Kier molecular flexibility index (Phi) is 9.14. The molecule has 0 saturated carbocycles. The smallest absolute Gasteiger partial charge is 0.338 e. The van der Waals surface area contributed by atoms with Gasteiger partial charge in [-0.2, -0.15) is 4.98 Å². The fourth-order valence-electron chi connectivity index (χ4n) is 4.37. The third kappa shape index (κ3) is 6.84. The third-order valence-electron chi connectivity index (χ3n) is 6.29. The van der Waals surface area contributed by atoms with Gasteiger partial charge in [0.05, 0.1) is 11.7 Å². The van der Waals surface area contributed by atoms with E-state index in [-0.39, 0.29) is 12.7 Å². The highest BCUT2D eigenvalue weighted by atomic mass is 35.5. The van der Waals surface area contributed by atoms with Gasteiger partial charge in [0.15, 0.2) is 0 Å². The van der Waals surface area contributed by atoms with E-state index in [1.165, 1.54) is 11.8 Å². The van der Waals surface area contributed by atoms with Crippen molar-refractivity contribution in [2.24, 2.45) is 0 Å². The van der Waals surface area contributed by atoms with E-state index in [0.29, 0.717) is 48.9 Å². The fourth-order valence-corrected chi connectivity index (χ4v) is 5.95. The molecule has 1 aliphatic heterocycles. The van der Waals surface area contributed by atoms with Crippen LogP contribution in [-0.4, -0.2) is 26.8 Å². The molecule has 1 atom stereocenters. The molecule has 5 rings (SSSR count). The number of fused-ring (bicyclic) bond motifs is 1. The van der Waals surface area contributed by atoms with Crippen molar-refractivity contribution in [2.75, 3.05) is 5.32 Å². The number of carbonyl (C=O) groups excluding carboxylic acids is 1. The van der Waals surface area contributed by atoms with Crippen LogP contribution in [-0.2, 0) is 21.9 Å². The zero-order valence-corrected chi connectivity index (χ0v) is 25.6. The van der Waals surface area contributed by atoms with Crippen molar-refractivity contribution < 1.29 is 14.3 Å². The van der Waals surface area contributed by atoms with Gasteiger partial charge < -0.3 is 14.8 Å². The number of nitrogens with zero attached hydrogens (tertiary/aromatic N) is 3. The maximum atomic E-state index is 13.4. The molecule has 0 aliphatic carbocycles. The fraction of sp³-hybridized carbons (Fsp3) is 0.233. The molecule has 212 valence electrons. The highest BCUT2D eigenvalue weighted by molar-refractivity contribution is 7.98. The molecule has 0 fully saturated rings. The Labute approximate surface area is 257 Å². The number of nitrogens with one attached hydrogen (secondary N) is 1. The SMILES string of the molecule is CC1=C(C(=O)OC(C)C)C(c2cccc(OCc3ccc(Cl)cc3Cl)c2)n2nc(SCc3ccccc3Cl)nc2N1. The Hall–Kier alpha value is -3.17. The molecular weight excluding hydrogens is 603 g/mol. The van der Waals surface area contributed by atoms with Crippen LogP contribution in [0.4, 0.5) is 5.95 Å². The van der Waals surface area contributed by atoms with Crippen LogP contribution in [0.3, 0.4) is 0 Å². The van der Waals surface area contributed by atoms with Crippen LogP contribution in [0.1, 0.15) is 43.5 Å². The number of carbonyl (C=O) groups is 1. The zero-order valence-electron chi connectivity index (χ0n) is 22.5. The van der Waals surface area contributed by atoms with E-state index in [1.807, 2.05) is 75.4 Å². The Morgan fingerprint density at radius 3 is 2.59 bits per heavy atom. The molecule has 7 nitrogen and oxygen atoms in total. The Morgan fingerprint density at radius 2 is 1.83 bits per heavy atom. The number of halogens is 3. The molecule has 1 N–H and O–H groups in total. The lowest BCUT2D eigenvalue weighted by Gasteiger charge is -2.28. The van der Waals surface area contributed by atoms with Crippen LogP contribution in [0.15, 0.2) is 83.2 Å². The average Bonchev–Trinajstić information content (AvgIpc) is 3.33. The zero-order chi connectivity index (χ0) is 29.1. The summed E-state index contributed by atoms with van der Waals surface area (Å²) in [6, 6.07) is 19.9. The second-order valence-electron chi connectivity index (χ2n) is 9.66. The maximum Gasteiger partial charge on any atom is 0.338 e. The normalized spacial score (nSPS) is 14.6. The van der Waals surface area contributed by atoms with Gasteiger partial charge >= 0.3 is 5.97 Å². The summed E-state index contributed by atoms with van der Waals surface area (Å²) in [5.74, 6) is 1.30. The molecule has 1 unspecified atom stereocenters. The molecule has 1 aromatic heterocycles. The number of hydrogen-bond donors (Lipinski definition) is 1. The van der Waals surface area contributed by atoms with Crippen molar-refractivity contribution in [3.05, 3.63) is 110 Å². The van der Waals surface area contributed by atoms with E-state index in [4.69, 9.17) is 54.4 Å². The van der Waals surface area contributed by atoms with E-state index >= 15 is 0 Å². The van der Waals surface area contributed by atoms with Gasteiger partial charge in [0.25, 0.3) is 0 Å². The summed E-state index contributed by atoms with van der Waals surface area (Å²) in [4.78, 5) is 18.1. The van der Waals surface area contributed by atoms with Gasteiger partial charge in [-0.25, -0.2) is 9.48 Å². The van der Waals surface area contributed by atoms with Gasteiger partial charge in [0, 0.05) is 32.1 Å². The van der Waals surface area contributed by atoms with Crippen molar-refractivity contribution >= 4 is 58.5 Å². The predicted molar refractivity (Wildman–Crippen MR) is 164 cm³/mol. The topological polar surface area (TPSA) is 78.3 Å². The summed E-state index contributed by atoms with van der Waals surface area (Å²) in [6.45, 7) is 5.72. The first-order chi connectivity index (χ1) is 19.7. The van der Waals surface area contributed by atoms with Crippen LogP contribution in [0.5, 0.6) is 5.75 Å². The highest BCUT2D eigenvalue weighted by Gasteiger charge is 2.36. The molecular formula is C30H27Cl3N4O3S.